The SMILES string of the molecule is CC(=O)c1cccc(N2CCN(C(=O)Nc3c(F)cccc3F)CC2)c1. The lowest BCUT2D eigenvalue weighted by Gasteiger charge is -2.36. The van der Waals surface area contributed by atoms with Gasteiger partial charge in [-0.3, -0.25) is 4.79 Å². The molecule has 0 spiro atoms. The van der Waals surface area contributed by atoms with Crippen molar-refractivity contribution in [3.8, 4) is 0 Å². The Labute approximate surface area is 150 Å². The van der Waals surface area contributed by atoms with Crippen molar-refractivity contribution in [2.75, 3.05) is 36.4 Å². The van der Waals surface area contributed by atoms with E-state index in [-0.39, 0.29) is 5.78 Å². The Morgan fingerprint density at radius 3 is 2.19 bits per heavy atom. The zero-order valence-electron chi connectivity index (χ0n) is 14.3. The lowest BCUT2D eigenvalue weighted by Crippen LogP contribution is -2.50. The number of benzene rings is 2. The van der Waals surface area contributed by atoms with E-state index < -0.39 is 23.4 Å². The van der Waals surface area contributed by atoms with Crippen molar-refractivity contribution in [3.05, 3.63) is 59.7 Å². The molecular weight excluding hydrogens is 340 g/mol. The standard InChI is InChI=1S/C19H19F2N3O2/c1-13(25)14-4-2-5-15(12-14)23-8-10-24(11-9-23)19(26)22-18-16(20)6-3-7-17(18)21/h2-7,12H,8-11H2,1H3,(H,22,26). The number of carbonyl (C=O) groups excluding carboxylic acids is 2. The van der Waals surface area contributed by atoms with Gasteiger partial charge in [0, 0.05) is 37.4 Å². The molecule has 5 nitrogen and oxygen atoms in total. The number of nitrogens with one attached hydrogen (secondary N) is 1. The summed E-state index contributed by atoms with van der Waals surface area (Å²) in [6, 6.07) is 10.2. The number of carbonyl (C=O) groups is 2. The van der Waals surface area contributed by atoms with Crippen molar-refractivity contribution in [2.24, 2.45) is 0 Å². The van der Waals surface area contributed by atoms with Crippen molar-refractivity contribution in [2.45, 2.75) is 6.92 Å². The van der Waals surface area contributed by atoms with Crippen molar-refractivity contribution < 1.29 is 18.4 Å². The number of hydrogen-bond acceptors (Lipinski definition) is 3. The predicted molar refractivity (Wildman–Crippen MR) is 95.6 cm³/mol. The maximum atomic E-state index is 13.7. The molecule has 1 fully saturated rings. The first-order chi connectivity index (χ1) is 12.5. The minimum Gasteiger partial charge on any atom is -0.368 e. The average molecular weight is 359 g/mol. The van der Waals surface area contributed by atoms with Crippen LogP contribution in [0.1, 0.15) is 17.3 Å². The molecule has 7 heteroatoms. The molecule has 3 rings (SSSR count). The fourth-order valence-corrected chi connectivity index (χ4v) is 2.89. The minimum absolute atomic E-state index is 0.00298. The van der Waals surface area contributed by atoms with Gasteiger partial charge < -0.3 is 15.1 Å². The Hall–Kier alpha value is -2.96. The van der Waals surface area contributed by atoms with E-state index in [1.165, 1.54) is 17.9 Å². The molecule has 2 amide bonds. The van der Waals surface area contributed by atoms with Crippen molar-refractivity contribution in [1.82, 2.24) is 4.90 Å². The monoisotopic (exact) mass is 359 g/mol. The fourth-order valence-electron chi connectivity index (χ4n) is 2.89. The number of ketones is 1. The van der Waals surface area contributed by atoms with Crippen LogP contribution in [0.4, 0.5) is 25.0 Å². The summed E-state index contributed by atoms with van der Waals surface area (Å²) in [5.74, 6) is -1.62. The van der Waals surface area contributed by atoms with Gasteiger partial charge in [0.05, 0.1) is 0 Å². The van der Waals surface area contributed by atoms with Crippen LogP contribution in [-0.2, 0) is 0 Å². The van der Waals surface area contributed by atoms with Crippen LogP contribution in [0, 0.1) is 11.6 Å². The van der Waals surface area contributed by atoms with Gasteiger partial charge >= 0.3 is 6.03 Å². The number of piperazine rings is 1. The summed E-state index contributed by atoms with van der Waals surface area (Å²) in [5, 5.41) is 2.30. The van der Waals surface area contributed by atoms with Gasteiger partial charge in [0.15, 0.2) is 5.78 Å². The van der Waals surface area contributed by atoms with Crippen LogP contribution in [0.25, 0.3) is 0 Å². The molecule has 1 aliphatic heterocycles. The molecule has 1 saturated heterocycles. The van der Waals surface area contributed by atoms with Gasteiger partial charge in [-0.2, -0.15) is 0 Å². The van der Waals surface area contributed by atoms with Gasteiger partial charge in [-0.15, -0.1) is 0 Å². The summed E-state index contributed by atoms with van der Waals surface area (Å²) < 4.78 is 27.3. The van der Waals surface area contributed by atoms with E-state index in [0.717, 1.165) is 17.8 Å². The zero-order chi connectivity index (χ0) is 18.7. The molecule has 0 unspecified atom stereocenters. The molecular formula is C19H19F2N3O2. The van der Waals surface area contributed by atoms with Crippen molar-refractivity contribution >= 4 is 23.2 Å². The largest absolute Gasteiger partial charge is 0.368 e. The summed E-state index contributed by atoms with van der Waals surface area (Å²) in [6.07, 6.45) is 0. The Morgan fingerprint density at radius 1 is 0.962 bits per heavy atom. The number of nitrogens with zero attached hydrogens (tertiary/aromatic N) is 2. The normalized spacial score (nSPS) is 14.3. The molecule has 0 aliphatic carbocycles. The summed E-state index contributed by atoms with van der Waals surface area (Å²) in [5.41, 5.74) is 1.12. The highest BCUT2D eigenvalue weighted by molar-refractivity contribution is 5.95. The maximum absolute atomic E-state index is 13.7. The lowest BCUT2D eigenvalue weighted by molar-refractivity contribution is 0.101. The summed E-state index contributed by atoms with van der Waals surface area (Å²) in [7, 11) is 0. The molecule has 1 N–H and O–H groups in total. The number of anilines is 2. The number of amides is 2. The average Bonchev–Trinajstić information content (AvgIpc) is 2.65. The third-order valence-electron chi connectivity index (χ3n) is 4.38. The molecule has 1 heterocycles. The van der Waals surface area contributed by atoms with Crippen molar-refractivity contribution in [1.29, 1.82) is 0 Å². The highest BCUT2D eigenvalue weighted by Crippen LogP contribution is 2.21. The van der Waals surface area contributed by atoms with Crippen LogP contribution >= 0.6 is 0 Å². The van der Waals surface area contributed by atoms with Crippen LogP contribution in [0.2, 0.25) is 0 Å². The quantitative estimate of drug-likeness (QED) is 0.853. The number of rotatable bonds is 3. The maximum Gasteiger partial charge on any atom is 0.322 e. The first kappa shape index (κ1) is 17.8. The molecule has 136 valence electrons. The van der Waals surface area contributed by atoms with Gasteiger partial charge in [0.25, 0.3) is 0 Å². The minimum atomic E-state index is -0.807. The first-order valence-electron chi connectivity index (χ1n) is 8.31. The second-order valence-electron chi connectivity index (χ2n) is 6.11. The van der Waals surface area contributed by atoms with Crippen LogP contribution in [0.15, 0.2) is 42.5 Å². The Balaban J connectivity index is 1.62. The molecule has 0 radical (unpaired) electrons. The van der Waals surface area contributed by atoms with E-state index in [1.54, 1.807) is 6.07 Å². The molecule has 26 heavy (non-hydrogen) atoms. The molecule has 1 aliphatic rings. The zero-order valence-corrected chi connectivity index (χ0v) is 14.3. The fraction of sp³-hybridized carbons (Fsp3) is 0.263. The van der Waals surface area contributed by atoms with Crippen LogP contribution in [0.5, 0.6) is 0 Å². The first-order valence-corrected chi connectivity index (χ1v) is 8.31. The number of para-hydroxylation sites is 1. The molecule has 0 bridgehead atoms. The summed E-state index contributed by atoms with van der Waals surface area (Å²) in [6.45, 7) is 3.46. The van der Waals surface area contributed by atoms with E-state index >= 15 is 0 Å². The van der Waals surface area contributed by atoms with Gasteiger partial charge in [0.1, 0.15) is 17.3 Å². The number of halogens is 2. The van der Waals surface area contributed by atoms with Crippen LogP contribution in [0.3, 0.4) is 0 Å². The number of Topliss-reactive ketones (excluding diaryl/α,β-unsaturated/α-hetero) is 1. The van der Waals surface area contributed by atoms with Gasteiger partial charge in [-0.25, -0.2) is 13.6 Å². The highest BCUT2D eigenvalue weighted by atomic mass is 19.1. The van der Waals surface area contributed by atoms with E-state index in [1.807, 2.05) is 18.2 Å². The topological polar surface area (TPSA) is 52.7 Å². The van der Waals surface area contributed by atoms with E-state index in [4.69, 9.17) is 0 Å². The molecule has 2 aromatic carbocycles. The molecule has 0 saturated carbocycles. The van der Waals surface area contributed by atoms with Crippen molar-refractivity contribution in [3.63, 3.8) is 0 Å². The Morgan fingerprint density at radius 2 is 1.58 bits per heavy atom. The third kappa shape index (κ3) is 3.82. The summed E-state index contributed by atoms with van der Waals surface area (Å²) in [4.78, 5) is 27.4. The second kappa shape index (κ2) is 7.51. The predicted octanol–water partition coefficient (Wildman–Crippen LogP) is 3.52. The van der Waals surface area contributed by atoms with E-state index in [9.17, 15) is 18.4 Å². The Kier molecular flexibility index (Phi) is 5.16. The van der Waals surface area contributed by atoms with E-state index in [0.29, 0.717) is 31.7 Å². The van der Waals surface area contributed by atoms with E-state index in [2.05, 4.69) is 10.2 Å². The Bertz CT molecular complexity index is 813. The smallest absolute Gasteiger partial charge is 0.322 e. The van der Waals surface area contributed by atoms with Gasteiger partial charge in [-0.05, 0) is 31.2 Å². The molecule has 0 aromatic heterocycles. The third-order valence-corrected chi connectivity index (χ3v) is 4.38. The highest BCUT2D eigenvalue weighted by Gasteiger charge is 2.23. The van der Waals surface area contributed by atoms with Gasteiger partial charge in [-0.1, -0.05) is 18.2 Å². The lowest BCUT2D eigenvalue weighted by atomic mass is 10.1. The molecule has 2 aromatic rings. The summed E-state index contributed by atoms with van der Waals surface area (Å²) >= 11 is 0. The van der Waals surface area contributed by atoms with Crippen LogP contribution < -0.4 is 10.2 Å². The van der Waals surface area contributed by atoms with Crippen LogP contribution in [-0.4, -0.2) is 42.9 Å². The number of urea groups is 1. The molecule has 0 atom stereocenters. The number of hydrogen-bond donors (Lipinski definition) is 1. The van der Waals surface area contributed by atoms with Gasteiger partial charge in [0.2, 0.25) is 0 Å². The second-order valence-corrected chi connectivity index (χ2v) is 6.11.